The first kappa shape index (κ1) is 24.6. The predicted molar refractivity (Wildman–Crippen MR) is 140 cm³/mol. The van der Waals surface area contributed by atoms with E-state index in [2.05, 4.69) is 34.1 Å². The van der Waals surface area contributed by atoms with Gasteiger partial charge in [0.2, 0.25) is 0 Å². The van der Waals surface area contributed by atoms with Crippen LogP contribution in [0.3, 0.4) is 0 Å². The predicted octanol–water partition coefficient (Wildman–Crippen LogP) is 5.42. The number of halogens is 1. The molecule has 1 aromatic carbocycles. The maximum Gasteiger partial charge on any atom is 0.290 e. The van der Waals surface area contributed by atoms with Gasteiger partial charge in [0.1, 0.15) is 5.82 Å². The molecule has 0 atom stereocenters. The lowest BCUT2D eigenvalue weighted by atomic mass is 9.97. The summed E-state index contributed by atoms with van der Waals surface area (Å²) < 4.78 is 2.82. The molecule has 0 saturated carbocycles. The van der Waals surface area contributed by atoms with E-state index in [0.717, 1.165) is 75.2 Å². The third-order valence-electron chi connectivity index (χ3n) is 5.99. The fraction of sp³-hybridized carbons (Fsp3) is 0.259. The van der Waals surface area contributed by atoms with Crippen molar-refractivity contribution in [1.29, 1.82) is 0 Å². The van der Waals surface area contributed by atoms with E-state index in [1.165, 1.54) is 0 Å². The van der Waals surface area contributed by atoms with Crippen molar-refractivity contribution >= 4 is 39.6 Å². The summed E-state index contributed by atoms with van der Waals surface area (Å²) in [6.07, 6.45) is 5.70. The Hall–Kier alpha value is -3.47. The van der Waals surface area contributed by atoms with E-state index >= 15 is 0 Å². The molecule has 6 nitrogen and oxygen atoms in total. The van der Waals surface area contributed by atoms with Gasteiger partial charge in [0.25, 0.3) is 12.0 Å². The van der Waals surface area contributed by atoms with E-state index in [0.29, 0.717) is 11.6 Å². The van der Waals surface area contributed by atoms with Crippen LogP contribution in [0.25, 0.3) is 21.3 Å². The number of aromatic nitrogens is 3. The Balaban J connectivity index is 0.000000917. The third kappa shape index (κ3) is 5.14. The number of hydrogen-bond donors (Lipinski definition) is 1. The van der Waals surface area contributed by atoms with Crippen LogP contribution in [0, 0.1) is 25.7 Å². The molecule has 0 fully saturated rings. The van der Waals surface area contributed by atoms with Gasteiger partial charge in [-0.15, -0.1) is 11.3 Å². The van der Waals surface area contributed by atoms with Crippen LogP contribution in [-0.2, 0) is 24.2 Å². The first-order valence-corrected chi connectivity index (χ1v) is 12.5. The molecule has 0 aliphatic heterocycles. The second kappa shape index (κ2) is 10.9. The average molecular weight is 506 g/mol. The number of carbonyl (C=O) groups is 1. The summed E-state index contributed by atoms with van der Waals surface area (Å²) in [5, 5.41) is 9.67. The van der Waals surface area contributed by atoms with E-state index in [1.807, 2.05) is 37.4 Å². The van der Waals surface area contributed by atoms with Gasteiger partial charge in [-0.1, -0.05) is 23.4 Å². The standard InChI is InChI=1S/C26H22ClN3OS.CH2O2/c1-16-15-32-25-20(11-12-28-24(16)25)22-14-19(27)10-9-18(22)6-5-13-30-17(2)29-23-8-4-3-7-21(23)26(30)31;2-1-3/h9-12,14-15H,3-4,7-8,13H2,1-2H3;1H,(H,2,3). The van der Waals surface area contributed by atoms with Gasteiger partial charge in [-0.25, -0.2) is 4.98 Å². The summed E-state index contributed by atoms with van der Waals surface area (Å²) in [6.45, 7) is 4.02. The smallest absolute Gasteiger partial charge is 0.290 e. The van der Waals surface area contributed by atoms with Crippen molar-refractivity contribution in [2.45, 2.75) is 46.1 Å². The number of thiophene rings is 1. The monoisotopic (exact) mass is 505 g/mol. The Kier molecular flexibility index (Phi) is 7.64. The Labute approximate surface area is 212 Å². The maximum atomic E-state index is 13.0. The van der Waals surface area contributed by atoms with E-state index < -0.39 is 0 Å². The largest absolute Gasteiger partial charge is 0.483 e. The number of carboxylic acid groups (broad SMARTS) is 1. The van der Waals surface area contributed by atoms with Gasteiger partial charge < -0.3 is 5.11 Å². The number of fused-ring (bicyclic) bond motifs is 2. The number of hydrogen-bond acceptors (Lipinski definition) is 5. The molecule has 35 heavy (non-hydrogen) atoms. The molecule has 1 N–H and O–H groups in total. The van der Waals surface area contributed by atoms with Crippen molar-refractivity contribution in [3.05, 3.63) is 79.4 Å². The molecule has 1 aliphatic rings. The van der Waals surface area contributed by atoms with Gasteiger partial charge in [-0.05, 0) is 74.7 Å². The number of benzene rings is 1. The molecule has 0 saturated heterocycles. The lowest BCUT2D eigenvalue weighted by Crippen LogP contribution is -2.30. The molecule has 3 heterocycles. The Morgan fingerprint density at radius 1 is 1.20 bits per heavy atom. The van der Waals surface area contributed by atoms with Gasteiger partial charge in [0.05, 0.1) is 22.5 Å². The lowest BCUT2D eigenvalue weighted by molar-refractivity contribution is -0.122. The topological polar surface area (TPSA) is 85.1 Å². The van der Waals surface area contributed by atoms with Crippen LogP contribution in [0.4, 0.5) is 0 Å². The number of pyridine rings is 1. The fourth-order valence-electron chi connectivity index (χ4n) is 4.32. The van der Waals surface area contributed by atoms with Gasteiger partial charge in [0.15, 0.2) is 0 Å². The first-order valence-electron chi connectivity index (χ1n) is 11.2. The summed E-state index contributed by atoms with van der Waals surface area (Å²) in [6, 6.07) is 7.76. The van der Waals surface area contributed by atoms with E-state index in [9.17, 15) is 4.79 Å². The number of nitrogens with zero attached hydrogens (tertiary/aromatic N) is 3. The maximum absolute atomic E-state index is 13.0. The fourth-order valence-corrected chi connectivity index (χ4v) is 5.53. The minimum atomic E-state index is -0.250. The van der Waals surface area contributed by atoms with Gasteiger partial charge in [0, 0.05) is 33.5 Å². The summed E-state index contributed by atoms with van der Waals surface area (Å²) >= 11 is 8.03. The summed E-state index contributed by atoms with van der Waals surface area (Å²) in [5.41, 5.74) is 6.99. The van der Waals surface area contributed by atoms with Crippen LogP contribution >= 0.6 is 22.9 Å². The molecular formula is C27H24ClN3O3S. The normalized spacial score (nSPS) is 12.2. The summed E-state index contributed by atoms with van der Waals surface area (Å²) in [5.74, 6) is 7.22. The lowest BCUT2D eigenvalue weighted by Gasteiger charge is -2.17. The second-order valence-corrected chi connectivity index (χ2v) is 9.55. The molecular weight excluding hydrogens is 482 g/mol. The molecule has 3 aromatic heterocycles. The zero-order valence-corrected chi connectivity index (χ0v) is 21.0. The van der Waals surface area contributed by atoms with E-state index in [1.54, 1.807) is 15.9 Å². The highest BCUT2D eigenvalue weighted by Crippen LogP contribution is 2.36. The quantitative estimate of drug-likeness (QED) is 0.290. The number of aryl methyl sites for hydroxylation is 3. The van der Waals surface area contributed by atoms with Crippen LogP contribution in [0.1, 0.15) is 41.1 Å². The molecule has 0 unspecified atom stereocenters. The third-order valence-corrected chi connectivity index (χ3v) is 7.35. The number of rotatable bonds is 2. The van der Waals surface area contributed by atoms with Crippen molar-refractivity contribution in [2.24, 2.45) is 0 Å². The van der Waals surface area contributed by atoms with Gasteiger partial charge in [-0.2, -0.15) is 0 Å². The molecule has 0 spiro atoms. The van der Waals surface area contributed by atoms with Crippen molar-refractivity contribution < 1.29 is 9.90 Å². The van der Waals surface area contributed by atoms with Crippen LogP contribution in [0.2, 0.25) is 5.02 Å². The Bertz CT molecular complexity index is 1530. The van der Waals surface area contributed by atoms with Gasteiger partial charge >= 0.3 is 0 Å². The molecule has 0 radical (unpaired) electrons. The van der Waals surface area contributed by atoms with Crippen molar-refractivity contribution in [1.82, 2.24) is 14.5 Å². The molecule has 1 aliphatic carbocycles. The van der Waals surface area contributed by atoms with Crippen LogP contribution in [0.15, 0.2) is 40.6 Å². The highest BCUT2D eigenvalue weighted by molar-refractivity contribution is 7.17. The summed E-state index contributed by atoms with van der Waals surface area (Å²) in [7, 11) is 0. The van der Waals surface area contributed by atoms with Gasteiger partial charge in [-0.3, -0.25) is 19.1 Å². The minimum Gasteiger partial charge on any atom is -0.483 e. The van der Waals surface area contributed by atoms with Crippen LogP contribution < -0.4 is 5.56 Å². The SMILES string of the molecule is Cc1csc2c(-c3cc(Cl)ccc3C#CCn3c(C)nc4c(c3=O)CCCC4)ccnc12.O=CO. The molecule has 8 heteroatoms. The molecule has 4 aromatic rings. The zero-order chi connectivity index (χ0) is 24.9. The Morgan fingerprint density at radius 3 is 2.77 bits per heavy atom. The first-order chi connectivity index (χ1) is 16.9. The highest BCUT2D eigenvalue weighted by atomic mass is 35.5. The summed E-state index contributed by atoms with van der Waals surface area (Å²) in [4.78, 5) is 30.6. The molecule has 0 bridgehead atoms. The van der Waals surface area contributed by atoms with Crippen molar-refractivity contribution in [3.8, 4) is 23.0 Å². The molecule has 5 rings (SSSR count). The second-order valence-electron chi connectivity index (χ2n) is 8.23. The van der Waals surface area contributed by atoms with E-state index in [-0.39, 0.29) is 12.0 Å². The van der Waals surface area contributed by atoms with E-state index in [4.69, 9.17) is 21.5 Å². The highest BCUT2D eigenvalue weighted by Gasteiger charge is 2.17. The van der Waals surface area contributed by atoms with Crippen LogP contribution in [0.5, 0.6) is 0 Å². The van der Waals surface area contributed by atoms with Crippen molar-refractivity contribution in [3.63, 3.8) is 0 Å². The van der Waals surface area contributed by atoms with Crippen LogP contribution in [-0.4, -0.2) is 26.1 Å². The zero-order valence-electron chi connectivity index (χ0n) is 19.5. The Morgan fingerprint density at radius 2 is 1.97 bits per heavy atom. The molecule has 178 valence electrons. The molecule has 0 amide bonds. The minimum absolute atomic E-state index is 0.0581. The average Bonchev–Trinajstić information content (AvgIpc) is 3.23. The van der Waals surface area contributed by atoms with Crippen molar-refractivity contribution in [2.75, 3.05) is 0 Å².